The summed E-state index contributed by atoms with van der Waals surface area (Å²) < 4.78 is 12.6. The number of rotatable bonds is 8. The first kappa shape index (κ1) is 25.7. The number of carbonyl (C=O) groups excluding carboxylic acids is 3. The minimum Gasteiger partial charge on any atom is -0.493 e. The molecule has 2 bridgehead atoms. The second-order valence-corrected chi connectivity index (χ2v) is 10.3. The zero-order valence-electron chi connectivity index (χ0n) is 21.6. The van der Waals surface area contributed by atoms with Crippen LogP contribution in [0.5, 0.6) is 11.5 Å². The van der Waals surface area contributed by atoms with E-state index in [0.29, 0.717) is 36.7 Å². The number of ether oxygens (including phenoxy) is 2. The number of aromatic nitrogens is 1. The molecule has 1 unspecified atom stereocenters. The summed E-state index contributed by atoms with van der Waals surface area (Å²) in [6.07, 6.45) is 2.49. The zero-order valence-corrected chi connectivity index (χ0v) is 21.6. The van der Waals surface area contributed by atoms with Gasteiger partial charge >= 0.3 is 6.03 Å². The first-order valence-electron chi connectivity index (χ1n) is 12.7. The first-order valence-corrected chi connectivity index (χ1v) is 12.7. The number of benzene rings is 1. The number of hydrogen-bond donors (Lipinski definition) is 1. The lowest BCUT2D eigenvalue weighted by atomic mass is 9.75. The molecule has 5 rings (SSSR count). The van der Waals surface area contributed by atoms with Gasteiger partial charge in [-0.2, -0.15) is 0 Å². The van der Waals surface area contributed by atoms with Crippen LogP contribution in [0, 0.1) is 11.3 Å². The molecule has 2 saturated heterocycles. The van der Waals surface area contributed by atoms with E-state index in [1.807, 2.05) is 10.6 Å². The van der Waals surface area contributed by atoms with Gasteiger partial charge in [0.2, 0.25) is 11.8 Å². The molecule has 1 aromatic carbocycles. The van der Waals surface area contributed by atoms with Crippen molar-refractivity contribution in [2.75, 3.05) is 40.4 Å². The average Bonchev–Trinajstić information content (AvgIpc) is 2.90. The maximum Gasteiger partial charge on any atom is 0.331 e. The SMILES string of the molecule is C=CCN1C(=O)NC(=O)C(Cc2ccc(OC)c(OC)c2)(CN2C[C@H]3C[C@@H](C2)c2cccc(=O)n2C3)C1=O. The van der Waals surface area contributed by atoms with Crippen LogP contribution in [-0.2, 0) is 22.6 Å². The Kier molecular flexibility index (Phi) is 6.83. The molecule has 3 atom stereocenters. The second-order valence-electron chi connectivity index (χ2n) is 10.3. The second kappa shape index (κ2) is 10.1. The van der Waals surface area contributed by atoms with Crippen LogP contribution in [0.25, 0.3) is 0 Å². The lowest BCUT2D eigenvalue weighted by Crippen LogP contribution is -2.68. The first-order chi connectivity index (χ1) is 18.3. The molecule has 3 aliphatic heterocycles. The third-order valence-electron chi connectivity index (χ3n) is 7.87. The van der Waals surface area contributed by atoms with Crippen molar-refractivity contribution in [2.45, 2.75) is 25.3 Å². The molecule has 10 nitrogen and oxygen atoms in total. The molecule has 4 heterocycles. The predicted molar refractivity (Wildman–Crippen MR) is 139 cm³/mol. The lowest BCUT2D eigenvalue weighted by molar-refractivity contribution is -0.153. The summed E-state index contributed by atoms with van der Waals surface area (Å²) in [5.74, 6) is 0.181. The average molecular weight is 521 g/mol. The highest BCUT2D eigenvalue weighted by Gasteiger charge is 2.55. The third-order valence-corrected chi connectivity index (χ3v) is 7.87. The quantitative estimate of drug-likeness (QED) is 0.417. The highest BCUT2D eigenvalue weighted by molar-refractivity contribution is 6.19. The molecule has 0 radical (unpaired) electrons. The molecular weight excluding hydrogens is 488 g/mol. The van der Waals surface area contributed by atoms with Crippen molar-refractivity contribution in [2.24, 2.45) is 11.3 Å². The van der Waals surface area contributed by atoms with Gasteiger partial charge in [-0.25, -0.2) is 4.79 Å². The van der Waals surface area contributed by atoms with Crippen LogP contribution in [0.1, 0.15) is 23.6 Å². The van der Waals surface area contributed by atoms with Crippen LogP contribution in [0.3, 0.4) is 0 Å². The van der Waals surface area contributed by atoms with E-state index < -0.39 is 23.3 Å². The topological polar surface area (TPSA) is 110 Å². The number of carbonyl (C=O) groups is 3. The van der Waals surface area contributed by atoms with Gasteiger partial charge in [-0.3, -0.25) is 24.6 Å². The van der Waals surface area contributed by atoms with Gasteiger partial charge in [0.1, 0.15) is 5.41 Å². The van der Waals surface area contributed by atoms with Gasteiger partial charge in [-0.1, -0.05) is 18.2 Å². The van der Waals surface area contributed by atoms with E-state index in [0.717, 1.165) is 17.0 Å². The number of nitrogens with zero attached hydrogens (tertiary/aromatic N) is 3. The van der Waals surface area contributed by atoms with Gasteiger partial charge in [0.05, 0.1) is 14.2 Å². The standard InChI is InChI=1S/C28H32N4O6/c1-4-10-31-26(35)28(25(34)29-27(31)36,13-18-8-9-22(37-2)23(12-18)38-3)17-30-14-19-11-20(16-30)21-6-5-7-24(33)32(21)15-19/h4-9,12,19-20H,1,10-11,13-17H2,2-3H3,(H,29,34,36)/t19-,20+,28?/m1/s1. The van der Waals surface area contributed by atoms with E-state index >= 15 is 0 Å². The summed E-state index contributed by atoms with van der Waals surface area (Å²) in [6.45, 7) is 5.64. The molecule has 2 fully saturated rings. The molecule has 4 amide bonds. The van der Waals surface area contributed by atoms with Crippen molar-refractivity contribution in [1.29, 1.82) is 0 Å². The van der Waals surface area contributed by atoms with Crippen LogP contribution in [0.4, 0.5) is 4.79 Å². The lowest BCUT2D eigenvalue weighted by Gasteiger charge is -2.47. The molecule has 0 aliphatic carbocycles. The highest BCUT2D eigenvalue weighted by Crippen LogP contribution is 2.39. The number of likely N-dealkylation sites (tertiary alicyclic amines) is 1. The van der Waals surface area contributed by atoms with Gasteiger partial charge in [-0.05, 0) is 42.5 Å². The summed E-state index contributed by atoms with van der Waals surface area (Å²) in [5.41, 5.74) is 0.137. The molecule has 3 aliphatic rings. The number of amides is 4. The molecule has 10 heteroatoms. The predicted octanol–water partition coefficient (Wildman–Crippen LogP) is 1.78. The number of barbiturate groups is 1. The Morgan fingerprint density at radius 2 is 1.84 bits per heavy atom. The number of fused-ring (bicyclic) bond motifs is 4. The number of nitrogens with one attached hydrogen (secondary N) is 1. The number of urea groups is 1. The zero-order chi connectivity index (χ0) is 27.0. The van der Waals surface area contributed by atoms with Crippen LogP contribution in [-0.4, -0.2) is 72.6 Å². The van der Waals surface area contributed by atoms with Crippen LogP contribution in [0.15, 0.2) is 53.8 Å². The van der Waals surface area contributed by atoms with Crippen molar-refractivity contribution in [3.63, 3.8) is 0 Å². The van der Waals surface area contributed by atoms with Gasteiger partial charge in [-0.15, -0.1) is 6.58 Å². The molecule has 200 valence electrons. The van der Waals surface area contributed by atoms with E-state index in [9.17, 15) is 19.2 Å². The summed E-state index contributed by atoms with van der Waals surface area (Å²) in [6, 6.07) is 9.88. The van der Waals surface area contributed by atoms with E-state index in [1.165, 1.54) is 20.3 Å². The number of pyridine rings is 1. The number of imide groups is 2. The fourth-order valence-corrected chi connectivity index (χ4v) is 6.22. The van der Waals surface area contributed by atoms with Gasteiger partial charge in [0.15, 0.2) is 11.5 Å². The van der Waals surface area contributed by atoms with Crippen LogP contribution in [0.2, 0.25) is 0 Å². The Morgan fingerprint density at radius 3 is 2.58 bits per heavy atom. The van der Waals surface area contributed by atoms with E-state index in [2.05, 4.69) is 16.8 Å². The normalized spacial score (nSPS) is 25.0. The van der Waals surface area contributed by atoms with Gasteiger partial charge < -0.3 is 18.9 Å². The molecule has 1 aromatic heterocycles. The number of hydrogen-bond acceptors (Lipinski definition) is 7. The van der Waals surface area contributed by atoms with Crippen molar-refractivity contribution >= 4 is 17.8 Å². The third kappa shape index (κ3) is 4.38. The van der Waals surface area contributed by atoms with E-state index in [-0.39, 0.29) is 36.9 Å². The Balaban J connectivity index is 1.51. The number of piperidine rings is 1. The summed E-state index contributed by atoms with van der Waals surface area (Å²) in [7, 11) is 3.06. The fourth-order valence-electron chi connectivity index (χ4n) is 6.22. The van der Waals surface area contributed by atoms with Crippen molar-refractivity contribution in [3.05, 3.63) is 70.7 Å². The highest BCUT2D eigenvalue weighted by atomic mass is 16.5. The molecule has 38 heavy (non-hydrogen) atoms. The minimum absolute atomic E-state index is 0.00371. The van der Waals surface area contributed by atoms with Gasteiger partial charge in [0, 0.05) is 50.4 Å². The monoisotopic (exact) mass is 520 g/mol. The Hall–Kier alpha value is -3.92. The van der Waals surface area contributed by atoms with Crippen molar-refractivity contribution in [3.8, 4) is 11.5 Å². The summed E-state index contributed by atoms with van der Waals surface area (Å²) in [5, 5.41) is 2.42. The van der Waals surface area contributed by atoms with Crippen LogP contribution >= 0.6 is 0 Å². The maximum absolute atomic E-state index is 14.0. The molecular formula is C28H32N4O6. The fraction of sp³-hybridized carbons (Fsp3) is 0.429. The Bertz CT molecular complexity index is 1350. The largest absolute Gasteiger partial charge is 0.493 e. The summed E-state index contributed by atoms with van der Waals surface area (Å²) in [4.78, 5) is 55.8. The van der Waals surface area contributed by atoms with Gasteiger partial charge in [0.25, 0.3) is 5.56 Å². The smallest absolute Gasteiger partial charge is 0.331 e. The summed E-state index contributed by atoms with van der Waals surface area (Å²) >= 11 is 0. The van der Waals surface area contributed by atoms with E-state index in [4.69, 9.17) is 9.47 Å². The molecule has 0 spiro atoms. The van der Waals surface area contributed by atoms with E-state index in [1.54, 1.807) is 30.3 Å². The Labute approximate surface area is 220 Å². The number of methoxy groups -OCH3 is 2. The molecule has 1 N–H and O–H groups in total. The Morgan fingerprint density at radius 1 is 1.05 bits per heavy atom. The van der Waals surface area contributed by atoms with Crippen molar-refractivity contribution in [1.82, 2.24) is 19.7 Å². The molecule has 2 aromatic rings. The van der Waals surface area contributed by atoms with Crippen LogP contribution < -0.4 is 20.3 Å². The minimum atomic E-state index is -1.54. The van der Waals surface area contributed by atoms with Crippen molar-refractivity contribution < 1.29 is 23.9 Å². The molecule has 0 saturated carbocycles. The maximum atomic E-state index is 14.0.